The number of unbranched alkanes of at least 4 members (excludes halogenated alkanes) is 16. The van der Waals surface area contributed by atoms with Gasteiger partial charge >= 0.3 is 0 Å². The Morgan fingerprint density at radius 1 is 0.545 bits per heavy atom. The second-order valence-corrected chi connectivity index (χ2v) is 13.1. The van der Waals surface area contributed by atoms with Gasteiger partial charge < -0.3 is 9.74 Å². The van der Waals surface area contributed by atoms with Gasteiger partial charge in [0.25, 0.3) is 0 Å². The minimum Gasteiger partial charge on any atom is -0.393 e. The molecule has 0 bridgehead atoms. The third-order valence-electron chi connectivity index (χ3n) is 8.23. The van der Waals surface area contributed by atoms with E-state index in [2.05, 4.69) is 93.5 Å². The number of allylic oxidation sites excluding steroid dienone is 8. The summed E-state index contributed by atoms with van der Waals surface area (Å²) in [7, 11) is 4.23. The summed E-state index contributed by atoms with van der Waals surface area (Å²) in [6.07, 6.45) is 50.6. The first-order valence-electron chi connectivity index (χ1n) is 19.0. The van der Waals surface area contributed by atoms with Crippen LogP contribution in [-0.4, -0.2) is 37.4 Å². The van der Waals surface area contributed by atoms with Crippen LogP contribution < -0.4 is 0 Å². The molecule has 0 amide bonds. The Morgan fingerprint density at radius 3 is 1.41 bits per heavy atom. The van der Waals surface area contributed by atoms with Crippen LogP contribution in [0.25, 0.3) is 0 Å². The van der Waals surface area contributed by atoms with Crippen LogP contribution in [0.3, 0.4) is 0 Å². The SMILES string of the molecule is CCCC/C=C/C/C=C/CCCCCCCC(CCCCCCCC/C=C\C/C=C\CCCCC)O/N=C(/C)CCN(C)C. The van der Waals surface area contributed by atoms with Crippen molar-refractivity contribution >= 4 is 5.71 Å². The van der Waals surface area contributed by atoms with E-state index in [4.69, 9.17) is 4.84 Å². The maximum atomic E-state index is 6.12. The summed E-state index contributed by atoms with van der Waals surface area (Å²) >= 11 is 0. The molecule has 0 spiro atoms. The van der Waals surface area contributed by atoms with E-state index in [1.807, 2.05) is 0 Å². The fourth-order valence-corrected chi connectivity index (χ4v) is 5.20. The molecule has 0 aliphatic rings. The Balaban J connectivity index is 4.07. The molecule has 1 atom stereocenters. The van der Waals surface area contributed by atoms with Crippen molar-refractivity contribution in [3.8, 4) is 0 Å². The van der Waals surface area contributed by atoms with Gasteiger partial charge in [-0.05, 0) is 104 Å². The molecule has 3 nitrogen and oxygen atoms in total. The van der Waals surface area contributed by atoms with E-state index >= 15 is 0 Å². The molecular weight excluding hydrogens is 536 g/mol. The standard InChI is InChI=1S/C41H76N2O/c1-6-8-10-12-14-16-18-20-22-23-25-27-29-31-33-35-37-41(44-42-40(3)38-39-43(4)5)36-34-32-30-28-26-24-21-19-17-15-13-11-9-7-2/h13-16,19-22,41H,6-12,17-18,23-39H2,1-5H3/b15-13+,16-14-,21-19+,22-20-,42-40-. The second-order valence-electron chi connectivity index (χ2n) is 13.1. The molecule has 0 saturated heterocycles. The van der Waals surface area contributed by atoms with Crippen molar-refractivity contribution in [3.05, 3.63) is 48.6 Å². The third kappa shape index (κ3) is 34.9. The van der Waals surface area contributed by atoms with Gasteiger partial charge in [0.2, 0.25) is 0 Å². The van der Waals surface area contributed by atoms with Crippen molar-refractivity contribution in [2.24, 2.45) is 5.16 Å². The van der Waals surface area contributed by atoms with Crippen LogP contribution in [0.15, 0.2) is 53.8 Å². The largest absolute Gasteiger partial charge is 0.393 e. The number of nitrogens with zero attached hydrogens (tertiary/aromatic N) is 2. The Bertz CT molecular complexity index is 718. The van der Waals surface area contributed by atoms with Crippen LogP contribution in [0.5, 0.6) is 0 Å². The molecule has 0 rings (SSSR count). The van der Waals surface area contributed by atoms with Gasteiger partial charge in [-0.25, -0.2) is 0 Å². The summed E-state index contributed by atoms with van der Waals surface area (Å²) < 4.78 is 0. The van der Waals surface area contributed by atoms with Crippen LogP contribution in [0.1, 0.15) is 181 Å². The van der Waals surface area contributed by atoms with E-state index in [0.29, 0.717) is 0 Å². The number of hydrogen-bond acceptors (Lipinski definition) is 3. The molecule has 0 fully saturated rings. The minimum absolute atomic E-state index is 0.281. The highest BCUT2D eigenvalue weighted by atomic mass is 16.6. The lowest BCUT2D eigenvalue weighted by molar-refractivity contribution is 0.0424. The van der Waals surface area contributed by atoms with Crippen LogP contribution >= 0.6 is 0 Å². The first-order chi connectivity index (χ1) is 21.6. The third-order valence-corrected chi connectivity index (χ3v) is 8.23. The predicted octanol–water partition coefficient (Wildman–Crippen LogP) is 13.3. The van der Waals surface area contributed by atoms with Crippen molar-refractivity contribution in [2.75, 3.05) is 20.6 Å². The molecule has 44 heavy (non-hydrogen) atoms. The molecule has 0 aliphatic carbocycles. The summed E-state index contributed by atoms with van der Waals surface area (Å²) in [4.78, 5) is 8.33. The Kier molecular flexibility index (Phi) is 34.6. The Labute approximate surface area is 276 Å². The summed E-state index contributed by atoms with van der Waals surface area (Å²) in [5, 5.41) is 4.54. The second kappa shape index (κ2) is 35.9. The van der Waals surface area contributed by atoms with E-state index in [1.54, 1.807) is 0 Å². The molecule has 0 aromatic rings. The number of hydrogen-bond donors (Lipinski definition) is 0. The Morgan fingerprint density at radius 2 is 0.955 bits per heavy atom. The van der Waals surface area contributed by atoms with Crippen molar-refractivity contribution in [1.82, 2.24) is 4.90 Å². The number of rotatable bonds is 33. The molecule has 1 unspecified atom stereocenters. The average molecular weight is 613 g/mol. The monoisotopic (exact) mass is 613 g/mol. The van der Waals surface area contributed by atoms with Crippen LogP contribution in [-0.2, 0) is 4.84 Å². The zero-order valence-corrected chi connectivity index (χ0v) is 30.4. The van der Waals surface area contributed by atoms with Crippen LogP contribution in [0.4, 0.5) is 0 Å². The lowest BCUT2D eigenvalue weighted by atomic mass is 10.0. The Hall–Kier alpha value is -1.61. The first kappa shape index (κ1) is 42.4. The lowest BCUT2D eigenvalue weighted by Crippen LogP contribution is -2.16. The highest BCUT2D eigenvalue weighted by Crippen LogP contribution is 2.18. The molecule has 0 heterocycles. The lowest BCUT2D eigenvalue weighted by Gasteiger charge is -2.16. The molecular formula is C41H76N2O. The van der Waals surface area contributed by atoms with E-state index in [1.165, 1.54) is 128 Å². The normalized spacial score (nSPS) is 13.5. The topological polar surface area (TPSA) is 24.8 Å². The van der Waals surface area contributed by atoms with Crippen LogP contribution in [0, 0.1) is 0 Å². The fraction of sp³-hybridized carbons (Fsp3) is 0.780. The van der Waals surface area contributed by atoms with Gasteiger partial charge in [-0.1, -0.05) is 138 Å². The zero-order valence-electron chi connectivity index (χ0n) is 30.4. The molecule has 0 N–H and O–H groups in total. The van der Waals surface area contributed by atoms with Crippen molar-refractivity contribution < 1.29 is 4.84 Å². The van der Waals surface area contributed by atoms with Crippen LogP contribution in [0.2, 0.25) is 0 Å². The van der Waals surface area contributed by atoms with Gasteiger partial charge in [0.15, 0.2) is 0 Å². The van der Waals surface area contributed by atoms with E-state index < -0.39 is 0 Å². The van der Waals surface area contributed by atoms with Crippen molar-refractivity contribution in [2.45, 2.75) is 187 Å². The van der Waals surface area contributed by atoms with Gasteiger partial charge in [-0.2, -0.15) is 0 Å². The summed E-state index contributed by atoms with van der Waals surface area (Å²) in [6.45, 7) is 7.66. The molecule has 0 saturated carbocycles. The van der Waals surface area contributed by atoms with Gasteiger partial charge in [-0.3, -0.25) is 0 Å². The molecule has 3 heteroatoms. The average Bonchev–Trinajstić information content (AvgIpc) is 3.02. The highest BCUT2D eigenvalue weighted by Gasteiger charge is 2.10. The quantitative estimate of drug-likeness (QED) is 0.0319. The highest BCUT2D eigenvalue weighted by molar-refractivity contribution is 5.81. The maximum absolute atomic E-state index is 6.12. The molecule has 0 radical (unpaired) electrons. The summed E-state index contributed by atoms with van der Waals surface area (Å²) in [6, 6.07) is 0. The van der Waals surface area contributed by atoms with E-state index in [-0.39, 0.29) is 6.10 Å². The van der Waals surface area contributed by atoms with E-state index in [0.717, 1.165) is 44.4 Å². The zero-order chi connectivity index (χ0) is 32.2. The summed E-state index contributed by atoms with van der Waals surface area (Å²) in [5.41, 5.74) is 1.12. The van der Waals surface area contributed by atoms with Gasteiger partial charge in [-0.15, -0.1) is 0 Å². The predicted molar refractivity (Wildman–Crippen MR) is 200 cm³/mol. The van der Waals surface area contributed by atoms with Gasteiger partial charge in [0.05, 0.1) is 5.71 Å². The van der Waals surface area contributed by atoms with Crippen molar-refractivity contribution in [3.63, 3.8) is 0 Å². The maximum Gasteiger partial charge on any atom is 0.127 e. The van der Waals surface area contributed by atoms with E-state index in [9.17, 15) is 0 Å². The minimum atomic E-state index is 0.281. The molecule has 0 aromatic heterocycles. The summed E-state index contributed by atoms with van der Waals surface area (Å²) in [5.74, 6) is 0. The fourth-order valence-electron chi connectivity index (χ4n) is 5.20. The van der Waals surface area contributed by atoms with Gasteiger partial charge in [0, 0.05) is 13.0 Å². The molecule has 256 valence electrons. The smallest absolute Gasteiger partial charge is 0.127 e. The van der Waals surface area contributed by atoms with Gasteiger partial charge in [0.1, 0.15) is 6.10 Å². The first-order valence-corrected chi connectivity index (χ1v) is 19.0. The molecule has 0 aromatic carbocycles. The van der Waals surface area contributed by atoms with Crippen molar-refractivity contribution in [1.29, 1.82) is 0 Å². The molecule has 0 aliphatic heterocycles. The number of oxime groups is 1.